The molecule has 1 aliphatic heterocycles. The van der Waals surface area contributed by atoms with Crippen LogP contribution >= 0.6 is 0 Å². The molecule has 4 rings (SSSR count). The Bertz CT molecular complexity index is 1130. The van der Waals surface area contributed by atoms with Gasteiger partial charge in [0.25, 0.3) is 0 Å². The van der Waals surface area contributed by atoms with E-state index >= 15 is 0 Å². The molecule has 0 radical (unpaired) electrons. The summed E-state index contributed by atoms with van der Waals surface area (Å²) in [5.74, 6) is -0.699. The summed E-state index contributed by atoms with van der Waals surface area (Å²) in [6.45, 7) is 0.589. The van der Waals surface area contributed by atoms with Gasteiger partial charge in [0.2, 0.25) is 11.8 Å². The van der Waals surface area contributed by atoms with Crippen molar-refractivity contribution in [2.24, 2.45) is 5.41 Å². The molecule has 0 saturated carbocycles. The van der Waals surface area contributed by atoms with E-state index in [9.17, 15) is 18.4 Å². The van der Waals surface area contributed by atoms with E-state index in [1.165, 1.54) is 18.2 Å². The van der Waals surface area contributed by atoms with Crippen LogP contribution in [0.15, 0.2) is 59.1 Å². The minimum atomic E-state index is -0.876. The van der Waals surface area contributed by atoms with E-state index in [1.54, 1.807) is 48.3 Å². The quantitative estimate of drug-likeness (QED) is 0.639. The molecule has 166 valence electrons. The molecule has 1 fully saturated rings. The third-order valence-corrected chi connectivity index (χ3v) is 5.93. The molecule has 8 heteroatoms. The van der Waals surface area contributed by atoms with E-state index in [0.717, 1.165) is 0 Å². The van der Waals surface area contributed by atoms with Gasteiger partial charge in [0.1, 0.15) is 23.1 Å². The van der Waals surface area contributed by atoms with E-state index < -0.39 is 11.2 Å². The Kier molecular flexibility index (Phi) is 6.03. The fourth-order valence-corrected chi connectivity index (χ4v) is 4.16. The summed E-state index contributed by atoms with van der Waals surface area (Å²) in [4.78, 5) is 27.2. The van der Waals surface area contributed by atoms with Crippen LogP contribution in [-0.4, -0.2) is 42.0 Å². The van der Waals surface area contributed by atoms with Crippen LogP contribution < -0.4 is 5.32 Å². The molecule has 0 bridgehead atoms. The van der Waals surface area contributed by atoms with Crippen molar-refractivity contribution < 1.29 is 22.9 Å². The maximum Gasteiger partial charge on any atom is 0.228 e. The fourth-order valence-electron chi connectivity index (χ4n) is 4.16. The Hall–Kier alpha value is -3.55. The lowest BCUT2D eigenvalue weighted by molar-refractivity contribution is -0.132. The second-order valence-electron chi connectivity index (χ2n) is 8.06. The first-order valence-corrected chi connectivity index (χ1v) is 10.3. The van der Waals surface area contributed by atoms with Crippen molar-refractivity contribution in [3.8, 4) is 11.3 Å². The second kappa shape index (κ2) is 8.90. The van der Waals surface area contributed by atoms with Gasteiger partial charge in [-0.2, -0.15) is 0 Å². The van der Waals surface area contributed by atoms with Crippen LogP contribution in [0.5, 0.6) is 0 Å². The zero-order chi connectivity index (χ0) is 22.7. The number of nitrogens with one attached hydrogen (secondary N) is 1. The van der Waals surface area contributed by atoms with Crippen molar-refractivity contribution in [3.63, 3.8) is 0 Å². The number of likely N-dealkylation sites (tertiary alicyclic amines) is 1. The van der Waals surface area contributed by atoms with E-state index in [4.69, 9.17) is 4.52 Å². The molecule has 1 aliphatic rings. The number of hydrogen-bond acceptors (Lipinski definition) is 4. The topological polar surface area (TPSA) is 75.4 Å². The maximum atomic E-state index is 13.9. The Labute approximate surface area is 184 Å². The van der Waals surface area contributed by atoms with Gasteiger partial charge in [-0.05, 0) is 42.3 Å². The van der Waals surface area contributed by atoms with Crippen molar-refractivity contribution in [2.75, 3.05) is 20.1 Å². The average molecular weight is 439 g/mol. The molecule has 2 amide bonds. The van der Waals surface area contributed by atoms with Crippen molar-refractivity contribution >= 4 is 11.8 Å². The third kappa shape index (κ3) is 4.39. The van der Waals surface area contributed by atoms with Gasteiger partial charge in [-0.15, -0.1) is 0 Å². The molecule has 32 heavy (non-hydrogen) atoms. The van der Waals surface area contributed by atoms with Gasteiger partial charge in [-0.1, -0.05) is 23.4 Å². The normalized spacial score (nSPS) is 18.0. The SMILES string of the molecule is CNC(=O)[C@]1(Cc2cc(-c3ccc(F)cc3)no2)CCN(C(=O)Cc2ccccc2F)C1. The average Bonchev–Trinajstić information content (AvgIpc) is 3.44. The van der Waals surface area contributed by atoms with Crippen LogP contribution in [0.2, 0.25) is 0 Å². The van der Waals surface area contributed by atoms with Crippen molar-refractivity contribution in [3.05, 3.63) is 77.6 Å². The summed E-state index contributed by atoms with van der Waals surface area (Å²) < 4.78 is 32.6. The summed E-state index contributed by atoms with van der Waals surface area (Å²) in [5.41, 5.74) is 0.689. The van der Waals surface area contributed by atoms with E-state index in [1.807, 2.05) is 0 Å². The lowest BCUT2D eigenvalue weighted by Crippen LogP contribution is -2.44. The minimum absolute atomic E-state index is 0.0620. The van der Waals surface area contributed by atoms with Crippen LogP contribution in [-0.2, 0) is 22.4 Å². The zero-order valence-electron chi connectivity index (χ0n) is 17.6. The molecule has 0 unspecified atom stereocenters. The molecule has 2 aromatic carbocycles. The van der Waals surface area contributed by atoms with Crippen LogP contribution in [0, 0.1) is 17.0 Å². The van der Waals surface area contributed by atoms with Gasteiger partial charge >= 0.3 is 0 Å². The van der Waals surface area contributed by atoms with Gasteiger partial charge in [-0.3, -0.25) is 9.59 Å². The van der Waals surface area contributed by atoms with Crippen LogP contribution in [0.25, 0.3) is 11.3 Å². The molecule has 1 N–H and O–H groups in total. The first-order chi connectivity index (χ1) is 15.4. The predicted octanol–water partition coefficient (Wildman–Crippen LogP) is 3.37. The van der Waals surface area contributed by atoms with E-state index in [2.05, 4.69) is 10.5 Å². The number of amides is 2. The fraction of sp³-hybridized carbons (Fsp3) is 0.292. The maximum absolute atomic E-state index is 13.9. The van der Waals surface area contributed by atoms with E-state index in [0.29, 0.717) is 35.5 Å². The number of benzene rings is 2. The van der Waals surface area contributed by atoms with Crippen molar-refractivity contribution in [2.45, 2.75) is 19.3 Å². The van der Waals surface area contributed by atoms with Crippen LogP contribution in [0.1, 0.15) is 17.7 Å². The number of carbonyl (C=O) groups is 2. The summed E-state index contributed by atoms with van der Waals surface area (Å²) in [7, 11) is 1.55. The van der Waals surface area contributed by atoms with Gasteiger partial charge in [0, 0.05) is 38.2 Å². The highest BCUT2D eigenvalue weighted by atomic mass is 19.1. The molecular weight excluding hydrogens is 416 g/mol. The van der Waals surface area contributed by atoms with Gasteiger partial charge in [0.05, 0.1) is 11.8 Å². The standard InChI is InChI=1S/C24H23F2N3O3/c1-27-23(31)24(14-19-13-21(28-32-19)16-6-8-18(25)9-7-16)10-11-29(15-24)22(30)12-17-4-2-3-5-20(17)26/h2-9,13H,10-12,14-15H2,1H3,(H,27,31)/t24-/m0/s1. The first-order valence-electron chi connectivity index (χ1n) is 10.3. The highest BCUT2D eigenvalue weighted by Crippen LogP contribution is 2.36. The van der Waals surface area contributed by atoms with Gasteiger partial charge in [-0.25, -0.2) is 8.78 Å². The highest BCUT2D eigenvalue weighted by molar-refractivity contribution is 5.86. The molecule has 2 heterocycles. The summed E-state index contributed by atoms with van der Waals surface area (Å²) in [6, 6.07) is 13.8. The number of aromatic nitrogens is 1. The molecular formula is C24H23F2N3O3. The molecule has 0 spiro atoms. The van der Waals surface area contributed by atoms with Crippen LogP contribution in [0.3, 0.4) is 0 Å². The highest BCUT2D eigenvalue weighted by Gasteiger charge is 2.46. The molecule has 0 aliphatic carbocycles. The van der Waals surface area contributed by atoms with Crippen molar-refractivity contribution in [1.29, 1.82) is 0 Å². The van der Waals surface area contributed by atoms with Crippen molar-refractivity contribution in [1.82, 2.24) is 15.4 Å². The monoisotopic (exact) mass is 439 g/mol. The molecule has 1 atom stereocenters. The summed E-state index contributed by atoms with van der Waals surface area (Å²) in [5, 5.41) is 6.73. The van der Waals surface area contributed by atoms with Gasteiger partial charge in [0.15, 0.2) is 0 Å². The number of carbonyl (C=O) groups excluding carboxylic acids is 2. The number of rotatable bonds is 6. The Morgan fingerprint density at radius 2 is 1.91 bits per heavy atom. The summed E-state index contributed by atoms with van der Waals surface area (Å²) >= 11 is 0. The smallest absolute Gasteiger partial charge is 0.228 e. The molecule has 1 saturated heterocycles. The zero-order valence-corrected chi connectivity index (χ0v) is 17.6. The molecule has 6 nitrogen and oxygen atoms in total. The molecule has 3 aromatic rings. The number of nitrogens with zero attached hydrogens (tertiary/aromatic N) is 2. The van der Waals surface area contributed by atoms with Crippen LogP contribution in [0.4, 0.5) is 8.78 Å². The Morgan fingerprint density at radius 1 is 1.16 bits per heavy atom. The second-order valence-corrected chi connectivity index (χ2v) is 8.06. The number of hydrogen-bond donors (Lipinski definition) is 1. The lowest BCUT2D eigenvalue weighted by Gasteiger charge is -2.26. The lowest BCUT2D eigenvalue weighted by atomic mass is 9.81. The minimum Gasteiger partial charge on any atom is -0.361 e. The number of halogens is 2. The first kappa shape index (κ1) is 21.7. The largest absolute Gasteiger partial charge is 0.361 e. The summed E-state index contributed by atoms with van der Waals surface area (Å²) in [6.07, 6.45) is 0.639. The van der Waals surface area contributed by atoms with E-state index in [-0.39, 0.29) is 37.0 Å². The van der Waals surface area contributed by atoms with Gasteiger partial charge < -0.3 is 14.7 Å². The Balaban J connectivity index is 1.50. The third-order valence-electron chi connectivity index (χ3n) is 5.93. The molecule has 1 aromatic heterocycles. The predicted molar refractivity (Wildman–Crippen MR) is 113 cm³/mol. The Morgan fingerprint density at radius 3 is 2.62 bits per heavy atom.